The molecule has 0 aromatic heterocycles. The number of non-ortho nitro benzene ring substituents is 2. The van der Waals surface area contributed by atoms with E-state index in [1.807, 2.05) is 60.7 Å². The Bertz CT molecular complexity index is 1240. The van der Waals surface area contributed by atoms with Gasteiger partial charge in [0, 0.05) is 19.2 Å². The minimum absolute atomic E-state index is 0.0414. The zero-order valence-electron chi connectivity index (χ0n) is 18.6. The van der Waals surface area contributed by atoms with Crippen molar-refractivity contribution in [1.82, 2.24) is 9.62 Å². The molecule has 2 unspecified atom stereocenters. The maximum absolute atomic E-state index is 13.5. The summed E-state index contributed by atoms with van der Waals surface area (Å²) in [5.41, 5.74) is 0.479. The highest BCUT2D eigenvalue weighted by molar-refractivity contribution is 7.88. The number of benzene rings is 3. The fraction of sp³-hybridized carbons (Fsp3) is 0.217. The monoisotopic (exact) mass is 484 g/mol. The molecule has 11 heteroatoms. The summed E-state index contributed by atoms with van der Waals surface area (Å²) in [4.78, 5) is 20.9. The molecule has 0 bridgehead atoms. The molecule has 0 saturated heterocycles. The van der Waals surface area contributed by atoms with E-state index >= 15 is 0 Å². The van der Waals surface area contributed by atoms with Gasteiger partial charge in [-0.3, -0.25) is 20.2 Å². The summed E-state index contributed by atoms with van der Waals surface area (Å²) >= 11 is 0. The Balaban J connectivity index is 2.05. The van der Waals surface area contributed by atoms with Gasteiger partial charge in [-0.05, 0) is 23.7 Å². The molecule has 1 N–H and O–H groups in total. The first-order chi connectivity index (χ1) is 16.1. The van der Waals surface area contributed by atoms with Crippen molar-refractivity contribution in [3.8, 4) is 0 Å². The fourth-order valence-corrected chi connectivity index (χ4v) is 5.25. The second-order valence-corrected chi connectivity index (χ2v) is 9.71. The zero-order valence-corrected chi connectivity index (χ0v) is 19.4. The fourth-order valence-electron chi connectivity index (χ4n) is 3.87. The summed E-state index contributed by atoms with van der Waals surface area (Å²) in [6, 6.07) is 20.3. The Hall–Kier alpha value is -3.67. The molecule has 0 fully saturated rings. The normalized spacial score (nSPS) is 13.4. The van der Waals surface area contributed by atoms with Crippen LogP contribution in [0.15, 0.2) is 78.9 Å². The van der Waals surface area contributed by atoms with Gasteiger partial charge in [-0.1, -0.05) is 60.7 Å². The Labute approximate surface area is 197 Å². The number of hydrogen-bond acceptors (Lipinski definition) is 7. The summed E-state index contributed by atoms with van der Waals surface area (Å²) in [6.45, 7) is 0. The average Bonchev–Trinajstić information content (AvgIpc) is 2.82. The first kappa shape index (κ1) is 25.0. The topological polar surface area (TPSA) is 136 Å². The second kappa shape index (κ2) is 10.5. The van der Waals surface area contributed by atoms with Crippen molar-refractivity contribution in [2.75, 3.05) is 14.1 Å². The first-order valence-corrected chi connectivity index (χ1v) is 11.9. The smallest absolute Gasteiger partial charge is 0.276 e. The Morgan fingerprint density at radius 3 is 1.76 bits per heavy atom. The number of nitro benzene ring substituents is 2. The third-order valence-corrected chi connectivity index (χ3v) is 7.29. The van der Waals surface area contributed by atoms with Gasteiger partial charge < -0.3 is 5.32 Å². The van der Waals surface area contributed by atoms with Crippen LogP contribution >= 0.6 is 0 Å². The highest BCUT2D eigenvalue weighted by Gasteiger charge is 2.34. The predicted molar refractivity (Wildman–Crippen MR) is 128 cm³/mol. The number of nitrogens with zero attached hydrogens (tertiary/aromatic N) is 3. The van der Waals surface area contributed by atoms with Gasteiger partial charge in [-0.2, -0.15) is 4.31 Å². The lowest BCUT2D eigenvalue weighted by atomic mass is 9.93. The molecule has 178 valence electrons. The van der Waals surface area contributed by atoms with E-state index in [0.717, 1.165) is 29.3 Å². The number of sulfonamides is 1. The van der Waals surface area contributed by atoms with Crippen LogP contribution in [0.3, 0.4) is 0 Å². The van der Waals surface area contributed by atoms with Crippen LogP contribution in [-0.2, 0) is 15.8 Å². The molecule has 0 aliphatic carbocycles. The van der Waals surface area contributed by atoms with Crippen molar-refractivity contribution in [1.29, 1.82) is 0 Å². The van der Waals surface area contributed by atoms with Crippen LogP contribution in [0, 0.1) is 20.2 Å². The zero-order chi connectivity index (χ0) is 24.9. The summed E-state index contributed by atoms with van der Waals surface area (Å²) in [6.07, 6.45) is 0. The highest BCUT2D eigenvalue weighted by atomic mass is 32.2. The molecular formula is C23H24N4O6S. The molecule has 3 aromatic rings. The van der Waals surface area contributed by atoms with Crippen LogP contribution in [0.5, 0.6) is 0 Å². The molecule has 2 atom stereocenters. The number of nitrogens with one attached hydrogen (secondary N) is 1. The number of hydrogen-bond donors (Lipinski definition) is 1. The van der Waals surface area contributed by atoms with Gasteiger partial charge in [-0.15, -0.1) is 0 Å². The molecule has 3 rings (SSSR count). The third-order valence-electron chi connectivity index (χ3n) is 5.49. The molecule has 3 aromatic carbocycles. The van der Waals surface area contributed by atoms with Crippen molar-refractivity contribution >= 4 is 21.4 Å². The third kappa shape index (κ3) is 5.63. The van der Waals surface area contributed by atoms with Crippen molar-refractivity contribution in [3.05, 3.63) is 116 Å². The van der Waals surface area contributed by atoms with Crippen LogP contribution in [0.4, 0.5) is 11.4 Å². The van der Waals surface area contributed by atoms with Gasteiger partial charge in [0.05, 0.1) is 33.7 Å². The maximum Gasteiger partial charge on any atom is 0.276 e. The number of likely N-dealkylation sites (N-methyl/N-ethyl adjacent to an activating group) is 2. The van der Waals surface area contributed by atoms with Gasteiger partial charge in [0.15, 0.2) is 0 Å². The number of rotatable bonds is 10. The average molecular weight is 485 g/mol. The Morgan fingerprint density at radius 2 is 1.32 bits per heavy atom. The van der Waals surface area contributed by atoms with E-state index < -0.39 is 49.1 Å². The minimum Gasteiger partial charge on any atom is -0.311 e. The molecule has 0 amide bonds. The number of nitro groups is 2. The van der Waals surface area contributed by atoms with E-state index in [-0.39, 0.29) is 5.56 Å². The Kier molecular flexibility index (Phi) is 7.72. The van der Waals surface area contributed by atoms with Crippen molar-refractivity contribution < 1.29 is 18.3 Å². The predicted octanol–water partition coefficient (Wildman–Crippen LogP) is 3.97. The lowest BCUT2D eigenvalue weighted by Crippen LogP contribution is -2.39. The molecule has 0 heterocycles. The maximum atomic E-state index is 13.5. The lowest BCUT2D eigenvalue weighted by molar-refractivity contribution is -0.394. The molecule has 0 aliphatic heterocycles. The van der Waals surface area contributed by atoms with E-state index in [1.54, 1.807) is 7.05 Å². The van der Waals surface area contributed by atoms with E-state index in [1.165, 1.54) is 11.4 Å². The van der Waals surface area contributed by atoms with Crippen LogP contribution < -0.4 is 5.32 Å². The van der Waals surface area contributed by atoms with E-state index in [0.29, 0.717) is 0 Å². The molecule has 0 radical (unpaired) electrons. The molecule has 0 aliphatic rings. The summed E-state index contributed by atoms with van der Waals surface area (Å²) in [5, 5.41) is 25.6. The van der Waals surface area contributed by atoms with Gasteiger partial charge in [-0.25, -0.2) is 8.42 Å². The largest absolute Gasteiger partial charge is 0.311 e. The van der Waals surface area contributed by atoms with Gasteiger partial charge in [0.2, 0.25) is 10.0 Å². The SMILES string of the molecule is CNC(c1ccccc1)C(c1ccccc1)N(C)S(=O)(=O)Cc1cc([N+](=O)[O-])cc([N+](=O)[O-])c1. The van der Waals surface area contributed by atoms with Crippen LogP contribution in [-0.4, -0.2) is 36.7 Å². The molecule has 10 nitrogen and oxygen atoms in total. The van der Waals surface area contributed by atoms with E-state index in [2.05, 4.69) is 5.32 Å². The standard InChI is InChI=1S/C23H24N4O6S/c1-24-22(18-9-5-3-6-10-18)23(19-11-7-4-8-12-19)25(2)34(32,33)16-17-13-20(26(28)29)15-21(14-17)27(30)31/h3-15,22-24H,16H2,1-2H3. The molecule has 0 saturated carbocycles. The Morgan fingerprint density at radius 1 is 0.853 bits per heavy atom. The quantitative estimate of drug-likeness (QED) is 0.340. The molecular weight excluding hydrogens is 460 g/mol. The molecule has 34 heavy (non-hydrogen) atoms. The van der Waals surface area contributed by atoms with Gasteiger partial charge >= 0.3 is 0 Å². The summed E-state index contributed by atoms with van der Waals surface area (Å²) < 4.78 is 28.2. The van der Waals surface area contributed by atoms with Crippen molar-refractivity contribution in [2.45, 2.75) is 17.8 Å². The second-order valence-electron chi connectivity index (χ2n) is 7.68. The summed E-state index contributed by atoms with van der Waals surface area (Å²) in [7, 11) is -0.890. The highest BCUT2D eigenvalue weighted by Crippen LogP contribution is 2.36. The van der Waals surface area contributed by atoms with Gasteiger partial charge in [0.1, 0.15) is 0 Å². The van der Waals surface area contributed by atoms with Crippen molar-refractivity contribution in [3.63, 3.8) is 0 Å². The van der Waals surface area contributed by atoms with Crippen molar-refractivity contribution in [2.24, 2.45) is 0 Å². The van der Waals surface area contributed by atoms with Crippen LogP contribution in [0.1, 0.15) is 28.8 Å². The lowest BCUT2D eigenvalue weighted by Gasteiger charge is -2.34. The van der Waals surface area contributed by atoms with Crippen LogP contribution in [0.2, 0.25) is 0 Å². The van der Waals surface area contributed by atoms with E-state index in [4.69, 9.17) is 0 Å². The molecule has 0 spiro atoms. The minimum atomic E-state index is -4.06. The van der Waals surface area contributed by atoms with Crippen LogP contribution in [0.25, 0.3) is 0 Å². The van der Waals surface area contributed by atoms with Gasteiger partial charge in [0.25, 0.3) is 11.4 Å². The first-order valence-electron chi connectivity index (χ1n) is 10.3. The van der Waals surface area contributed by atoms with E-state index in [9.17, 15) is 28.6 Å². The summed E-state index contributed by atoms with van der Waals surface area (Å²) in [5.74, 6) is -0.638.